The summed E-state index contributed by atoms with van der Waals surface area (Å²) in [6.07, 6.45) is -3.83. The lowest BCUT2D eigenvalue weighted by atomic mass is 9.99. The molecule has 0 saturated carbocycles. The highest BCUT2D eigenvalue weighted by Crippen LogP contribution is 2.33. The molecule has 4 aliphatic rings. The summed E-state index contributed by atoms with van der Waals surface area (Å²) in [5.74, 6) is -4.22. The Morgan fingerprint density at radius 2 is 0.769 bits per heavy atom. The number of esters is 3. The summed E-state index contributed by atoms with van der Waals surface area (Å²) < 4.78 is 38.0. The summed E-state index contributed by atoms with van der Waals surface area (Å²) in [5, 5.41) is 25.9. The van der Waals surface area contributed by atoms with E-state index < -0.39 is 72.3 Å². The second-order valence-corrected chi connectivity index (χ2v) is 24.2. The molecule has 0 spiro atoms. The van der Waals surface area contributed by atoms with Gasteiger partial charge in [0.2, 0.25) is 0 Å². The van der Waals surface area contributed by atoms with Crippen molar-refractivity contribution in [3.63, 3.8) is 0 Å². The molecule has 4 saturated heterocycles. The predicted octanol–water partition coefficient (Wildman–Crippen LogP) is 10.2. The average Bonchev–Trinajstić information content (AvgIpc) is 1.76. The van der Waals surface area contributed by atoms with Gasteiger partial charge in [-0.3, -0.25) is 28.8 Å². The second kappa shape index (κ2) is 32.0. The highest BCUT2D eigenvalue weighted by molar-refractivity contribution is 6.40. The summed E-state index contributed by atoms with van der Waals surface area (Å²) in [4.78, 5) is 99.0. The Morgan fingerprint density at radius 3 is 1.15 bits per heavy atom. The average molecular weight is 1370 g/mol. The van der Waals surface area contributed by atoms with Gasteiger partial charge in [-0.25, -0.2) is 9.59 Å². The Bertz CT molecular complexity index is 3600. The van der Waals surface area contributed by atoms with E-state index in [4.69, 9.17) is 103 Å². The van der Waals surface area contributed by atoms with Gasteiger partial charge in [-0.15, -0.1) is 0 Å². The number of amides is 2. The number of aliphatic hydroxyl groups excluding tert-OH is 1. The quantitative estimate of drug-likeness (QED) is 0.0334. The van der Waals surface area contributed by atoms with Crippen molar-refractivity contribution in [1.29, 1.82) is 0 Å². The molecule has 480 valence electrons. The van der Waals surface area contributed by atoms with Crippen LogP contribution >= 0.6 is 69.6 Å². The van der Waals surface area contributed by atoms with Crippen LogP contribution in [0.1, 0.15) is 88.7 Å². The van der Waals surface area contributed by atoms with E-state index in [1.54, 1.807) is 135 Å². The molecule has 4 N–H and O–H groups in total. The lowest BCUT2D eigenvalue weighted by molar-refractivity contribution is -0.156. The fourth-order valence-electron chi connectivity index (χ4n) is 10.7. The number of Topliss-reactive ketones (excluding diaryl/α,β-unsaturated/α-hetero) is 2. The number of nitrogens with one attached hydrogen (secondary N) is 2. The molecule has 0 bridgehead atoms. The number of hydrogen-bond donors (Lipinski definition) is 4. The Kier molecular flexibility index (Phi) is 24.6. The fraction of sp³-hybridized carbons (Fsp3) is 0.333. The van der Waals surface area contributed by atoms with E-state index >= 15 is 0 Å². The van der Waals surface area contributed by atoms with Crippen LogP contribution in [-0.2, 0) is 78.0 Å². The van der Waals surface area contributed by atoms with Gasteiger partial charge in [0.05, 0.1) is 78.8 Å². The first-order chi connectivity index (χ1) is 43.4. The minimum atomic E-state index is -1.17. The van der Waals surface area contributed by atoms with Crippen LogP contribution in [0, 0.1) is 13.8 Å². The summed E-state index contributed by atoms with van der Waals surface area (Å²) in [7, 11) is 0. The molecule has 91 heavy (non-hydrogen) atoms. The molecule has 25 heteroatoms. The molecule has 6 aromatic carbocycles. The van der Waals surface area contributed by atoms with Gasteiger partial charge >= 0.3 is 23.9 Å². The molecular weight excluding hydrogens is 1310 g/mol. The molecule has 0 radical (unpaired) electrons. The van der Waals surface area contributed by atoms with Gasteiger partial charge in [0.15, 0.2) is 29.9 Å². The highest BCUT2D eigenvalue weighted by atomic mass is 35.5. The zero-order valence-corrected chi connectivity index (χ0v) is 53.8. The monoisotopic (exact) mass is 1360 g/mol. The predicted molar refractivity (Wildman–Crippen MR) is 338 cm³/mol. The SMILES string of the molecule is CC(=O)O[C@H]1CO[C@H]2[C@@H]1OC[C@@H]2OC(=O)C(Cc1ccc(CC(=O)c2c(Cl)cccc2Cl)cc1)NC(=O)c1c(C)cccc1Cl.CC(=O)O[C@H]1CO[C@H]2[C@@H]1OC[C@H]2O.Cc1cccc(Cl)c1C(=O)NC(Cc1ccc(CC(=O)c2c(Cl)cccc2Cl)cc1)C(=O)O. The van der Waals surface area contributed by atoms with E-state index in [0.29, 0.717) is 34.4 Å². The van der Waals surface area contributed by atoms with Gasteiger partial charge in [-0.1, -0.05) is 155 Å². The van der Waals surface area contributed by atoms with Gasteiger partial charge in [0.25, 0.3) is 11.8 Å². The lowest BCUT2D eigenvalue weighted by Gasteiger charge is -2.23. The number of carbonyl (C=O) groups excluding carboxylic acids is 7. The van der Waals surface area contributed by atoms with Crippen LogP contribution in [0.25, 0.3) is 0 Å². The highest BCUT2D eigenvalue weighted by Gasteiger charge is 2.52. The van der Waals surface area contributed by atoms with Crippen LogP contribution in [-0.4, -0.2) is 145 Å². The maximum Gasteiger partial charge on any atom is 0.329 e. The van der Waals surface area contributed by atoms with Gasteiger partial charge in [-0.2, -0.15) is 0 Å². The van der Waals surface area contributed by atoms with Gasteiger partial charge in [0.1, 0.15) is 42.6 Å². The number of fused-ring (bicyclic) bond motifs is 2. The number of carboxylic acids is 1. The third kappa shape index (κ3) is 18.2. The van der Waals surface area contributed by atoms with Crippen LogP contribution in [0.2, 0.25) is 30.1 Å². The Labute approximate surface area is 553 Å². The first-order valence-electron chi connectivity index (χ1n) is 28.5. The van der Waals surface area contributed by atoms with Crippen LogP contribution in [0.15, 0.2) is 121 Å². The van der Waals surface area contributed by atoms with Crippen molar-refractivity contribution < 1.29 is 81.7 Å². The molecule has 4 fully saturated rings. The molecule has 19 nitrogen and oxygen atoms in total. The molecule has 10 atom stereocenters. The Hall–Kier alpha value is -6.98. The number of carbonyl (C=O) groups is 8. The number of carboxylic acid groups (broad SMARTS) is 1. The maximum absolute atomic E-state index is 13.6. The van der Waals surface area contributed by atoms with E-state index in [2.05, 4.69) is 10.6 Å². The van der Waals surface area contributed by atoms with Crippen LogP contribution in [0.5, 0.6) is 0 Å². The zero-order chi connectivity index (χ0) is 65.8. The summed E-state index contributed by atoms with van der Waals surface area (Å²) >= 11 is 37.1. The molecule has 0 aromatic heterocycles. The largest absolute Gasteiger partial charge is 0.480 e. The summed E-state index contributed by atoms with van der Waals surface area (Å²) in [6, 6.07) is 31.6. The van der Waals surface area contributed by atoms with Crippen molar-refractivity contribution in [2.75, 3.05) is 26.4 Å². The van der Waals surface area contributed by atoms with E-state index in [-0.39, 0.29) is 134 Å². The first kappa shape index (κ1) is 69.9. The van der Waals surface area contributed by atoms with Crippen LogP contribution in [0.3, 0.4) is 0 Å². The minimum absolute atomic E-state index is 0.0430. The van der Waals surface area contributed by atoms with E-state index in [1.165, 1.54) is 13.8 Å². The number of aliphatic carboxylic acids is 1. The Balaban J connectivity index is 0.000000201. The van der Waals surface area contributed by atoms with Crippen molar-refractivity contribution in [3.8, 4) is 0 Å². The van der Waals surface area contributed by atoms with Crippen molar-refractivity contribution >= 4 is 117 Å². The number of ether oxygens (including phenoxy) is 7. The number of rotatable bonds is 19. The van der Waals surface area contributed by atoms with Crippen molar-refractivity contribution in [1.82, 2.24) is 10.6 Å². The molecule has 6 aromatic rings. The van der Waals surface area contributed by atoms with Crippen LogP contribution < -0.4 is 10.6 Å². The molecule has 2 unspecified atom stereocenters. The number of halogens is 6. The second-order valence-electron chi connectivity index (χ2n) is 21.7. The van der Waals surface area contributed by atoms with E-state index in [1.807, 2.05) is 0 Å². The minimum Gasteiger partial charge on any atom is -0.480 e. The molecule has 4 aliphatic heterocycles. The van der Waals surface area contributed by atoms with Gasteiger partial charge in [0, 0.05) is 39.5 Å². The number of aryl methyl sites for hydroxylation is 2. The standard InChI is InChI=1S/C33H30Cl3NO8.C25H20Cl3NO4.C8H12O5/c1-17-5-3-6-21(34)28(17)32(40)37-24(33(41)45-27-16-43-30-26(44-18(2)38)15-42-31(27)30)13-19-9-11-20(12-10-19)14-25(39)29-22(35)7-4-8-23(29)36;1-14-4-2-5-17(26)22(14)24(31)29-20(25(32)33)12-15-8-10-16(11-9-15)13-21(30)23-18(27)6-3-7-19(23)28;1-4(9)13-6-3-12-7-5(10)2-11-8(6)7/h3-12,24,26-27,30-31H,13-16H2,1-2H3,(H,37,40);2-11,20H,12-13H2,1H3,(H,29,31)(H,32,33);5-8,10H,2-3H2,1H3/t24?,26-,27-,30+,31+;;5-,6+,7-,8-/m0.1/s1. The molecule has 4 heterocycles. The number of ketones is 2. The van der Waals surface area contributed by atoms with E-state index in [9.17, 15) is 48.6 Å². The number of hydrogen-bond acceptors (Lipinski definition) is 16. The number of aliphatic hydroxyl groups is 1. The van der Waals surface area contributed by atoms with E-state index in [0.717, 1.165) is 5.56 Å². The fourth-order valence-corrected chi connectivity index (χ4v) is 12.5. The topological polar surface area (TPSA) is 266 Å². The number of benzene rings is 6. The summed E-state index contributed by atoms with van der Waals surface area (Å²) in [5.41, 5.74) is 5.14. The third-order valence-corrected chi connectivity index (χ3v) is 17.0. The Morgan fingerprint density at radius 1 is 0.451 bits per heavy atom. The summed E-state index contributed by atoms with van der Waals surface area (Å²) in [6.45, 7) is 6.85. The van der Waals surface area contributed by atoms with Gasteiger partial charge < -0.3 is 54.0 Å². The zero-order valence-electron chi connectivity index (χ0n) is 49.3. The maximum atomic E-state index is 13.6. The lowest BCUT2D eigenvalue weighted by Crippen LogP contribution is -2.46. The smallest absolute Gasteiger partial charge is 0.329 e. The third-order valence-electron chi connectivity index (χ3n) is 15.1. The molecular formula is C66H62Cl6N2O17. The molecule has 10 rings (SSSR count). The van der Waals surface area contributed by atoms with Gasteiger partial charge in [-0.05, 0) is 83.6 Å². The molecule has 2 amide bonds. The van der Waals surface area contributed by atoms with Crippen molar-refractivity contribution in [2.24, 2.45) is 0 Å². The van der Waals surface area contributed by atoms with Crippen molar-refractivity contribution in [3.05, 3.63) is 207 Å². The van der Waals surface area contributed by atoms with Crippen molar-refractivity contribution in [2.45, 2.75) is 114 Å². The van der Waals surface area contributed by atoms with Crippen LogP contribution in [0.4, 0.5) is 0 Å². The molecule has 0 aliphatic carbocycles. The first-order valence-corrected chi connectivity index (χ1v) is 30.8. The normalized spacial score (nSPS) is 20.8.